The Balaban J connectivity index is 2.49. The van der Waals surface area contributed by atoms with Crippen LogP contribution in [0.15, 0.2) is 35.3 Å². The third-order valence-electron chi connectivity index (χ3n) is 2.45. The third-order valence-corrected chi connectivity index (χ3v) is 2.45. The molecule has 0 unspecified atom stereocenters. The van der Waals surface area contributed by atoms with Gasteiger partial charge in [-0.2, -0.15) is 0 Å². The van der Waals surface area contributed by atoms with Crippen molar-refractivity contribution in [2.45, 2.75) is 6.42 Å². The number of hydrogen-bond acceptors (Lipinski definition) is 2. The molecule has 0 bridgehead atoms. The molecule has 0 aliphatic carbocycles. The first-order valence-corrected chi connectivity index (χ1v) is 4.98. The number of rotatable bonds is 4. The van der Waals surface area contributed by atoms with Crippen LogP contribution in [0.3, 0.4) is 0 Å². The number of fused-ring (bicyclic) bond motifs is 1. The van der Waals surface area contributed by atoms with Crippen LogP contribution in [0, 0.1) is 0 Å². The first kappa shape index (κ1) is 9.99. The van der Waals surface area contributed by atoms with Gasteiger partial charge in [-0.05, 0) is 6.07 Å². The molecule has 0 saturated heterocycles. The van der Waals surface area contributed by atoms with Crippen molar-refractivity contribution in [3.63, 3.8) is 0 Å². The minimum absolute atomic E-state index is 0.667. The van der Waals surface area contributed by atoms with E-state index >= 15 is 0 Å². The van der Waals surface area contributed by atoms with E-state index < -0.39 is 0 Å². The topological polar surface area (TPSA) is 22.4 Å². The van der Waals surface area contributed by atoms with E-state index in [2.05, 4.69) is 6.58 Å². The van der Waals surface area contributed by atoms with Gasteiger partial charge in [0.25, 0.3) is 0 Å². The SMILES string of the molecule is C=Cc1c(CCOC)oc2ccccc12. The minimum atomic E-state index is 0.667. The van der Waals surface area contributed by atoms with Gasteiger partial charge in [-0.1, -0.05) is 30.9 Å². The zero-order valence-electron chi connectivity index (χ0n) is 8.82. The second kappa shape index (κ2) is 4.32. The lowest BCUT2D eigenvalue weighted by Crippen LogP contribution is -1.93. The molecule has 1 aromatic carbocycles. The quantitative estimate of drug-likeness (QED) is 0.759. The minimum Gasteiger partial charge on any atom is -0.460 e. The summed E-state index contributed by atoms with van der Waals surface area (Å²) in [6, 6.07) is 7.99. The summed E-state index contributed by atoms with van der Waals surface area (Å²) in [4.78, 5) is 0. The van der Waals surface area contributed by atoms with Crippen molar-refractivity contribution in [2.24, 2.45) is 0 Å². The molecule has 0 atom stereocenters. The van der Waals surface area contributed by atoms with Crippen LogP contribution in [0.2, 0.25) is 0 Å². The molecule has 2 rings (SSSR count). The molecule has 0 aliphatic heterocycles. The monoisotopic (exact) mass is 202 g/mol. The maximum Gasteiger partial charge on any atom is 0.134 e. The van der Waals surface area contributed by atoms with Gasteiger partial charge >= 0.3 is 0 Å². The summed E-state index contributed by atoms with van der Waals surface area (Å²) in [5.41, 5.74) is 2.00. The van der Waals surface area contributed by atoms with Crippen LogP contribution < -0.4 is 0 Å². The van der Waals surface area contributed by atoms with Gasteiger partial charge in [0.15, 0.2) is 0 Å². The Hall–Kier alpha value is -1.54. The van der Waals surface area contributed by atoms with Crippen LogP contribution in [0.1, 0.15) is 11.3 Å². The van der Waals surface area contributed by atoms with Crippen molar-refractivity contribution in [3.8, 4) is 0 Å². The Labute approximate surface area is 89.2 Å². The van der Waals surface area contributed by atoms with Crippen LogP contribution in [0.5, 0.6) is 0 Å². The first-order chi connectivity index (χ1) is 7.36. The predicted molar refractivity (Wildman–Crippen MR) is 61.9 cm³/mol. The lowest BCUT2D eigenvalue weighted by Gasteiger charge is -1.96. The van der Waals surface area contributed by atoms with E-state index in [1.54, 1.807) is 7.11 Å². The van der Waals surface area contributed by atoms with E-state index in [0.717, 1.165) is 28.7 Å². The Kier molecular flexibility index (Phi) is 2.88. The zero-order valence-corrected chi connectivity index (χ0v) is 8.82. The molecule has 2 heteroatoms. The molecule has 0 aliphatic rings. The van der Waals surface area contributed by atoms with Crippen LogP contribution in [0.25, 0.3) is 17.0 Å². The second-order valence-corrected chi connectivity index (χ2v) is 3.38. The lowest BCUT2D eigenvalue weighted by atomic mass is 10.1. The van der Waals surface area contributed by atoms with Crippen molar-refractivity contribution in [1.82, 2.24) is 0 Å². The molecule has 0 amide bonds. The average molecular weight is 202 g/mol. The highest BCUT2D eigenvalue weighted by Gasteiger charge is 2.10. The third kappa shape index (κ3) is 1.81. The van der Waals surface area contributed by atoms with E-state index in [1.165, 1.54) is 0 Å². The summed E-state index contributed by atoms with van der Waals surface area (Å²) in [6.45, 7) is 4.49. The zero-order chi connectivity index (χ0) is 10.7. The van der Waals surface area contributed by atoms with Crippen LogP contribution in [0.4, 0.5) is 0 Å². The molecule has 15 heavy (non-hydrogen) atoms. The van der Waals surface area contributed by atoms with Crippen molar-refractivity contribution < 1.29 is 9.15 Å². The predicted octanol–water partition coefficient (Wildman–Crippen LogP) is 3.26. The molecule has 2 aromatic rings. The van der Waals surface area contributed by atoms with Gasteiger partial charge in [0.05, 0.1) is 6.61 Å². The van der Waals surface area contributed by atoms with Crippen molar-refractivity contribution in [3.05, 3.63) is 42.2 Å². The maximum atomic E-state index is 5.74. The van der Waals surface area contributed by atoms with Gasteiger partial charge in [-0.25, -0.2) is 0 Å². The molecule has 2 nitrogen and oxygen atoms in total. The van der Waals surface area contributed by atoms with E-state index in [4.69, 9.17) is 9.15 Å². The van der Waals surface area contributed by atoms with Crippen LogP contribution in [-0.4, -0.2) is 13.7 Å². The fourth-order valence-corrected chi connectivity index (χ4v) is 1.72. The lowest BCUT2D eigenvalue weighted by molar-refractivity contribution is 0.197. The van der Waals surface area contributed by atoms with E-state index in [0.29, 0.717) is 6.61 Å². The Morgan fingerprint density at radius 3 is 2.93 bits per heavy atom. The largest absolute Gasteiger partial charge is 0.460 e. The smallest absolute Gasteiger partial charge is 0.134 e. The van der Waals surface area contributed by atoms with Crippen molar-refractivity contribution in [2.75, 3.05) is 13.7 Å². The highest BCUT2D eigenvalue weighted by molar-refractivity contribution is 5.88. The molecule has 0 spiro atoms. The number of furan rings is 1. The average Bonchev–Trinajstić information content (AvgIpc) is 2.63. The number of methoxy groups -OCH3 is 1. The van der Waals surface area contributed by atoms with E-state index in [1.807, 2.05) is 30.3 Å². The van der Waals surface area contributed by atoms with Gasteiger partial charge in [0.2, 0.25) is 0 Å². The standard InChI is InChI=1S/C13H14O2/c1-3-10-11-6-4-5-7-12(11)15-13(10)8-9-14-2/h3-7H,1,8-9H2,2H3. The summed E-state index contributed by atoms with van der Waals surface area (Å²) in [7, 11) is 1.69. The summed E-state index contributed by atoms with van der Waals surface area (Å²) < 4.78 is 10.8. The molecule has 78 valence electrons. The van der Waals surface area contributed by atoms with Crippen LogP contribution in [-0.2, 0) is 11.2 Å². The van der Waals surface area contributed by atoms with Crippen LogP contribution >= 0.6 is 0 Å². The van der Waals surface area contributed by atoms with Gasteiger partial charge in [-0.3, -0.25) is 0 Å². The van der Waals surface area contributed by atoms with Crippen molar-refractivity contribution in [1.29, 1.82) is 0 Å². The van der Waals surface area contributed by atoms with Gasteiger partial charge in [0, 0.05) is 24.5 Å². The van der Waals surface area contributed by atoms with E-state index in [9.17, 15) is 0 Å². The number of benzene rings is 1. The fraction of sp³-hybridized carbons (Fsp3) is 0.231. The highest BCUT2D eigenvalue weighted by atomic mass is 16.5. The number of hydrogen-bond donors (Lipinski definition) is 0. The Bertz CT molecular complexity index is 468. The van der Waals surface area contributed by atoms with Gasteiger partial charge in [-0.15, -0.1) is 0 Å². The fourth-order valence-electron chi connectivity index (χ4n) is 1.72. The molecule has 1 aromatic heterocycles. The highest BCUT2D eigenvalue weighted by Crippen LogP contribution is 2.26. The summed E-state index contributed by atoms with van der Waals surface area (Å²) in [5.74, 6) is 0.952. The summed E-state index contributed by atoms with van der Waals surface area (Å²) >= 11 is 0. The van der Waals surface area contributed by atoms with Gasteiger partial charge in [0.1, 0.15) is 11.3 Å². The molecule has 1 heterocycles. The Morgan fingerprint density at radius 2 is 2.20 bits per heavy atom. The van der Waals surface area contributed by atoms with Crippen molar-refractivity contribution >= 4 is 17.0 Å². The molecular formula is C13H14O2. The first-order valence-electron chi connectivity index (χ1n) is 4.98. The summed E-state index contributed by atoms with van der Waals surface area (Å²) in [5, 5.41) is 1.12. The molecule has 0 N–H and O–H groups in total. The molecule has 0 saturated carbocycles. The van der Waals surface area contributed by atoms with E-state index in [-0.39, 0.29) is 0 Å². The maximum absolute atomic E-state index is 5.74. The molecule has 0 fully saturated rings. The number of para-hydroxylation sites is 1. The normalized spacial score (nSPS) is 10.7. The Morgan fingerprint density at radius 1 is 1.40 bits per heavy atom. The molecular weight excluding hydrogens is 188 g/mol. The number of ether oxygens (including phenoxy) is 1. The van der Waals surface area contributed by atoms with Gasteiger partial charge < -0.3 is 9.15 Å². The summed E-state index contributed by atoms with van der Waals surface area (Å²) in [6.07, 6.45) is 2.63. The second-order valence-electron chi connectivity index (χ2n) is 3.38. The molecule has 0 radical (unpaired) electrons.